The van der Waals surface area contributed by atoms with Gasteiger partial charge in [0.15, 0.2) is 0 Å². The Kier molecular flexibility index (Phi) is 5.31. The third-order valence-corrected chi connectivity index (χ3v) is 4.02. The molecular weight excluding hydrogens is 427 g/mol. The van der Waals surface area contributed by atoms with Gasteiger partial charge < -0.3 is 10.1 Å². The molecule has 0 aliphatic rings. The lowest BCUT2D eigenvalue weighted by atomic mass is 10.2. The highest BCUT2D eigenvalue weighted by Gasteiger charge is 2.36. The number of rotatable bonds is 4. The maximum atomic E-state index is 13.1. The molecule has 1 aromatic heterocycles. The number of ether oxygens (including phenoxy) is 1. The Balaban J connectivity index is 2.07. The highest BCUT2D eigenvalue weighted by Crippen LogP contribution is 2.34. The minimum Gasteiger partial charge on any atom is -0.438 e. The molecule has 0 aliphatic heterocycles. The van der Waals surface area contributed by atoms with Gasteiger partial charge in [0.1, 0.15) is 5.75 Å². The van der Waals surface area contributed by atoms with Gasteiger partial charge in [0.05, 0.1) is 10.9 Å². The van der Waals surface area contributed by atoms with Gasteiger partial charge >= 0.3 is 6.18 Å². The molecule has 27 heavy (non-hydrogen) atoms. The Hall–Kier alpha value is -2.68. The van der Waals surface area contributed by atoms with Crippen LogP contribution in [0.2, 0.25) is 0 Å². The van der Waals surface area contributed by atoms with Crippen molar-refractivity contribution in [3.05, 3.63) is 58.3 Å². The molecule has 3 aromatic rings. The summed E-state index contributed by atoms with van der Waals surface area (Å²) in [6.45, 7) is 2.23. The first-order valence-corrected chi connectivity index (χ1v) is 8.68. The lowest BCUT2D eigenvalue weighted by molar-refractivity contribution is -0.144. The van der Waals surface area contributed by atoms with E-state index in [2.05, 4.69) is 31.2 Å². The summed E-state index contributed by atoms with van der Waals surface area (Å²) in [5.41, 5.74) is 0.417. The Labute approximate surface area is 160 Å². The van der Waals surface area contributed by atoms with Crippen LogP contribution >= 0.6 is 15.9 Å². The molecule has 0 radical (unpaired) electrons. The van der Waals surface area contributed by atoms with Crippen LogP contribution in [0.3, 0.4) is 0 Å². The molecule has 0 unspecified atom stereocenters. The van der Waals surface area contributed by atoms with Gasteiger partial charge in [0.25, 0.3) is 5.91 Å². The maximum Gasteiger partial charge on any atom is 0.451 e. The molecular formula is C18H13BrF3N3O2. The molecule has 5 nitrogen and oxygen atoms in total. The minimum absolute atomic E-state index is 0.0930. The van der Waals surface area contributed by atoms with Crippen molar-refractivity contribution in [3.8, 4) is 11.6 Å². The standard InChI is InChI=1S/C18H13BrF3N3O2/c1-2-23-15(26)10-4-3-5-12(8-10)27-16-13-9-11(19)6-7-14(13)24-17(25-16)18(20,21)22/h3-9H,2H2,1H3,(H,23,26). The van der Waals surface area contributed by atoms with Gasteiger partial charge in [-0.1, -0.05) is 22.0 Å². The predicted octanol–water partition coefficient (Wildman–Crippen LogP) is 4.95. The molecule has 2 aromatic carbocycles. The van der Waals surface area contributed by atoms with Gasteiger partial charge in [-0.3, -0.25) is 4.79 Å². The first-order valence-electron chi connectivity index (χ1n) is 7.88. The van der Waals surface area contributed by atoms with Crippen molar-refractivity contribution in [1.29, 1.82) is 0 Å². The lowest BCUT2D eigenvalue weighted by Crippen LogP contribution is -2.22. The van der Waals surface area contributed by atoms with Crippen molar-refractivity contribution in [1.82, 2.24) is 15.3 Å². The predicted molar refractivity (Wildman–Crippen MR) is 96.8 cm³/mol. The van der Waals surface area contributed by atoms with E-state index in [9.17, 15) is 18.0 Å². The SMILES string of the molecule is CCNC(=O)c1cccc(Oc2nc(C(F)(F)F)nc3ccc(Br)cc23)c1. The summed E-state index contributed by atoms with van der Waals surface area (Å²) in [5.74, 6) is -1.67. The number of carbonyl (C=O) groups excluding carboxylic acids is 1. The topological polar surface area (TPSA) is 64.1 Å². The second-order valence-corrected chi connectivity index (χ2v) is 6.42. The summed E-state index contributed by atoms with van der Waals surface area (Å²) in [5, 5.41) is 2.95. The van der Waals surface area contributed by atoms with Gasteiger partial charge in [0, 0.05) is 16.6 Å². The van der Waals surface area contributed by atoms with Crippen LogP contribution < -0.4 is 10.1 Å². The van der Waals surface area contributed by atoms with Crippen LogP contribution in [0.25, 0.3) is 10.9 Å². The van der Waals surface area contributed by atoms with Gasteiger partial charge in [-0.2, -0.15) is 18.2 Å². The summed E-state index contributed by atoms with van der Waals surface area (Å²) in [6, 6.07) is 10.7. The van der Waals surface area contributed by atoms with E-state index in [1.54, 1.807) is 31.2 Å². The van der Waals surface area contributed by atoms with E-state index in [-0.39, 0.29) is 23.1 Å². The van der Waals surface area contributed by atoms with E-state index in [4.69, 9.17) is 4.74 Å². The Morgan fingerprint density at radius 2 is 1.96 bits per heavy atom. The Bertz CT molecular complexity index is 1010. The van der Waals surface area contributed by atoms with Crippen LogP contribution in [-0.4, -0.2) is 22.4 Å². The number of aromatic nitrogens is 2. The maximum absolute atomic E-state index is 13.1. The van der Waals surface area contributed by atoms with Crippen molar-refractivity contribution >= 4 is 32.7 Å². The normalized spacial score (nSPS) is 11.4. The lowest BCUT2D eigenvalue weighted by Gasteiger charge is -2.12. The number of alkyl halides is 3. The molecule has 0 saturated carbocycles. The third-order valence-electron chi connectivity index (χ3n) is 3.52. The zero-order chi connectivity index (χ0) is 19.6. The second kappa shape index (κ2) is 7.51. The third kappa shape index (κ3) is 4.36. The van der Waals surface area contributed by atoms with Crippen LogP contribution in [0.5, 0.6) is 11.6 Å². The van der Waals surface area contributed by atoms with Crippen molar-refractivity contribution in [2.75, 3.05) is 6.54 Å². The largest absolute Gasteiger partial charge is 0.451 e. The van der Waals surface area contributed by atoms with Crippen LogP contribution in [0.4, 0.5) is 13.2 Å². The second-order valence-electron chi connectivity index (χ2n) is 5.50. The molecule has 0 aliphatic carbocycles. The molecule has 0 fully saturated rings. The minimum atomic E-state index is -4.72. The summed E-state index contributed by atoms with van der Waals surface area (Å²) >= 11 is 3.27. The number of halogens is 4. The number of hydrogen-bond acceptors (Lipinski definition) is 4. The van der Waals surface area contributed by atoms with E-state index in [1.807, 2.05) is 0 Å². The number of fused-ring (bicyclic) bond motifs is 1. The molecule has 1 heterocycles. The number of benzene rings is 2. The van der Waals surface area contributed by atoms with E-state index >= 15 is 0 Å². The quantitative estimate of drug-likeness (QED) is 0.624. The van der Waals surface area contributed by atoms with Crippen molar-refractivity contribution in [3.63, 3.8) is 0 Å². The molecule has 0 saturated heterocycles. The first-order chi connectivity index (χ1) is 12.8. The summed E-state index contributed by atoms with van der Waals surface area (Å²) in [6.07, 6.45) is -4.72. The van der Waals surface area contributed by atoms with Gasteiger partial charge in [0.2, 0.25) is 11.7 Å². The smallest absolute Gasteiger partial charge is 0.438 e. The highest BCUT2D eigenvalue weighted by molar-refractivity contribution is 9.10. The number of nitrogens with zero attached hydrogens (tertiary/aromatic N) is 2. The fourth-order valence-corrected chi connectivity index (χ4v) is 2.71. The molecule has 1 amide bonds. The van der Waals surface area contributed by atoms with Crippen molar-refractivity contribution < 1.29 is 22.7 Å². The molecule has 0 spiro atoms. The molecule has 0 atom stereocenters. The van der Waals surface area contributed by atoms with Gasteiger partial charge in [-0.25, -0.2) is 4.98 Å². The van der Waals surface area contributed by atoms with Gasteiger partial charge in [-0.15, -0.1) is 0 Å². The summed E-state index contributed by atoms with van der Waals surface area (Å²) < 4.78 is 45.6. The van der Waals surface area contributed by atoms with Crippen molar-refractivity contribution in [2.45, 2.75) is 13.1 Å². The van der Waals surface area contributed by atoms with Crippen LogP contribution in [-0.2, 0) is 6.18 Å². The molecule has 0 bridgehead atoms. The van der Waals surface area contributed by atoms with E-state index in [1.165, 1.54) is 18.2 Å². The molecule has 3 rings (SSSR count). The molecule has 140 valence electrons. The Morgan fingerprint density at radius 1 is 1.19 bits per heavy atom. The molecule has 1 N–H and O–H groups in total. The number of amides is 1. The van der Waals surface area contributed by atoms with E-state index in [0.717, 1.165) is 0 Å². The summed E-state index contributed by atoms with van der Waals surface area (Å²) in [7, 11) is 0. The first kappa shape index (κ1) is 19.1. The number of hydrogen-bond donors (Lipinski definition) is 1. The van der Waals surface area contributed by atoms with Crippen LogP contribution in [0.1, 0.15) is 23.1 Å². The number of nitrogens with one attached hydrogen (secondary N) is 1. The zero-order valence-corrected chi connectivity index (χ0v) is 15.6. The fraction of sp³-hybridized carbons (Fsp3) is 0.167. The fourth-order valence-electron chi connectivity index (χ4n) is 2.35. The molecule has 9 heteroatoms. The van der Waals surface area contributed by atoms with Crippen LogP contribution in [0.15, 0.2) is 46.9 Å². The van der Waals surface area contributed by atoms with Crippen LogP contribution in [0, 0.1) is 0 Å². The van der Waals surface area contributed by atoms with E-state index < -0.39 is 12.0 Å². The van der Waals surface area contributed by atoms with E-state index in [0.29, 0.717) is 22.0 Å². The monoisotopic (exact) mass is 439 g/mol. The van der Waals surface area contributed by atoms with Crippen molar-refractivity contribution in [2.24, 2.45) is 0 Å². The van der Waals surface area contributed by atoms with Gasteiger partial charge in [-0.05, 0) is 43.3 Å². The zero-order valence-electron chi connectivity index (χ0n) is 14.0. The average Bonchev–Trinajstić information content (AvgIpc) is 2.61. The average molecular weight is 440 g/mol. The summed E-state index contributed by atoms with van der Waals surface area (Å²) in [4.78, 5) is 19.0. The number of carbonyl (C=O) groups is 1. The Morgan fingerprint density at radius 3 is 2.67 bits per heavy atom. The highest BCUT2D eigenvalue weighted by atomic mass is 79.9.